The van der Waals surface area contributed by atoms with Crippen LogP contribution in [0.4, 0.5) is 5.69 Å². The molecule has 0 fully saturated rings. The highest BCUT2D eigenvalue weighted by molar-refractivity contribution is 7.91. The molecule has 2 aromatic rings. The lowest BCUT2D eigenvalue weighted by molar-refractivity contribution is -0.120. The Morgan fingerprint density at radius 1 is 1.12 bits per heavy atom. The normalized spacial score (nSPS) is 18.5. The fourth-order valence-corrected chi connectivity index (χ4v) is 4.59. The lowest BCUT2D eigenvalue weighted by Gasteiger charge is -2.27. The van der Waals surface area contributed by atoms with Crippen LogP contribution in [0.3, 0.4) is 0 Å². The lowest BCUT2D eigenvalue weighted by Crippen LogP contribution is -2.39. The second-order valence-corrected chi connectivity index (χ2v) is 8.03. The minimum atomic E-state index is -3.24. The number of carbonyl (C=O) groups is 1. The van der Waals surface area contributed by atoms with Crippen LogP contribution in [0.1, 0.15) is 18.0 Å². The smallest absolute Gasteiger partial charge is 0.239 e. The van der Waals surface area contributed by atoms with Gasteiger partial charge in [0.15, 0.2) is 9.84 Å². The van der Waals surface area contributed by atoms with Crippen molar-refractivity contribution in [2.24, 2.45) is 0 Å². The number of benzene rings is 2. The maximum Gasteiger partial charge on any atom is 0.239 e. The van der Waals surface area contributed by atoms with Crippen molar-refractivity contribution in [2.45, 2.75) is 17.4 Å². The number of hydrogen-bond acceptors (Lipinski definition) is 4. The highest BCUT2D eigenvalue weighted by Crippen LogP contribution is 2.31. The van der Waals surface area contributed by atoms with Crippen LogP contribution < -0.4 is 10.2 Å². The molecule has 1 aliphatic heterocycles. The molecule has 5 nitrogen and oxygen atoms in total. The highest BCUT2D eigenvalue weighted by Gasteiger charge is 2.30. The minimum Gasteiger partial charge on any atom is -0.365 e. The molecule has 0 aromatic heterocycles. The summed E-state index contributed by atoms with van der Waals surface area (Å²) >= 11 is 0. The molecule has 1 aliphatic rings. The van der Waals surface area contributed by atoms with Crippen LogP contribution in [-0.2, 0) is 14.6 Å². The largest absolute Gasteiger partial charge is 0.365 e. The molecule has 0 radical (unpaired) electrons. The third-order valence-electron chi connectivity index (χ3n) is 4.22. The molecule has 0 unspecified atom stereocenters. The molecule has 1 N–H and O–H groups in total. The molecule has 126 valence electrons. The van der Waals surface area contributed by atoms with Gasteiger partial charge in [-0.1, -0.05) is 36.4 Å². The summed E-state index contributed by atoms with van der Waals surface area (Å²) in [5.41, 5.74) is 1.64. The minimum absolute atomic E-state index is 0.0590. The van der Waals surface area contributed by atoms with Crippen molar-refractivity contribution in [1.29, 1.82) is 0 Å². The molecule has 1 heterocycles. The van der Waals surface area contributed by atoms with Crippen LogP contribution in [0.15, 0.2) is 59.5 Å². The maximum atomic E-state index is 12.4. The summed E-state index contributed by atoms with van der Waals surface area (Å²) in [5.74, 6) is -0.0656. The molecule has 6 heteroatoms. The van der Waals surface area contributed by atoms with Gasteiger partial charge in [0.1, 0.15) is 0 Å². The fourth-order valence-electron chi connectivity index (χ4n) is 2.97. The number of rotatable bonds is 4. The third kappa shape index (κ3) is 3.43. The monoisotopic (exact) mass is 344 g/mol. The van der Waals surface area contributed by atoms with E-state index in [0.29, 0.717) is 16.9 Å². The van der Waals surface area contributed by atoms with Crippen molar-refractivity contribution in [1.82, 2.24) is 5.32 Å². The SMILES string of the molecule is CN(CC(=O)N[C@@H]1CCS(=O)(=O)c2ccccc21)c1ccccc1. The summed E-state index contributed by atoms with van der Waals surface area (Å²) in [4.78, 5) is 14.6. The Balaban J connectivity index is 1.71. The molecule has 24 heavy (non-hydrogen) atoms. The zero-order valence-corrected chi connectivity index (χ0v) is 14.3. The van der Waals surface area contributed by atoms with E-state index in [9.17, 15) is 13.2 Å². The quantitative estimate of drug-likeness (QED) is 0.923. The molecule has 1 atom stereocenters. The van der Waals surface area contributed by atoms with Gasteiger partial charge in [0.25, 0.3) is 0 Å². The van der Waals surface area contributed by atoms with Gasteiger partial charge >= 0.3 is 0 Å². The fraction of sp³-hybridized carbons (Fsp3) is 0.278. The Kier molecular flexibility index (Phi) is 4.57. The van der Waals surface area contributed by atoms with Gasteiger partial charge in [-0.15, -0.1) is 0 Å². The number of nitrogens with zero attached hydrogens (tertiary/aromatic N) is 1. The third-order valence-corrected chi connectivity index (χ3v) is 6.03. The number of hydrogen-bond donors (Lipinski definition) is 1. The predicted octanol–water partition coefficient (Wildman–Crippen LogP) is 2.16. The first kappa shape index (κ1) is 16.5. The zero-order valence-electron chi connectivity index (χ0n) is 13.5. The van der Waals surface area contributed by atoms with E-state index in [1.165, 1.54) is 0 Å². The molecule has 2 aromatic carbocycles. The average molecular weight is 344 g/mol. The topological polar surface area (TPSA) is 66.5 Å². The Morgan fingerprint density at radius 2 is 1.79 bits per heavy atom. The van der Waals surface area contributed by atoms with Crippen molar-refractivity contribution in [3.63, 3.8) is 0 Å². The number of carbonyl (C=O) groups excluding carboxylic acids is 1. The van der Waals surface area contributed by atoms with Gasteiger partial charge in [-0.2, -0.15) is 0 Å². The van der Waals surface area contributed by atoms with Gasteiger partial charge < -0.3 is 10.2 Å². The molecule has 0 saturated heterocycles. The molecule has 0 aliphatic carbocycles. The Bertz CT molecular complexity index is 834. The number of amides is 1. The maximum absolute atomic E-state index is 12.4. The van der Waals surface area contributed by atoms with Crippen LogP contribution in [0.25, 0.3) is 0 Å². The number of nitrogens with one attached hydrogen (secondary N) is 1. The van der Waals surface area contributed by atoms with Crippen LogP contribution in [0.5, 0.6) is 0 Å². The highest BCUT2D eigenvalue weighted by atomic mass is 32.2. The van der Waals surface area contributed by atoms with E-state index < -0.39 is 9.84 Å². The molecule has 1 amide bonds. The van der Waals surface area contributed by atoms with E-state index in [2.05, 4.69) is 5.32 Å². The molecule has 0 spiro atoms. The van der Waals surface area contributed by atoms with Gasteiger partial charge in [0, 0.05) is 12.7 Å². The van der Waals surface area contributed by atoms with E-state index in [-0.39, 0.29) is 24.2 Å². The summed E-state index contributed by atoms with van der Waals surface area (Å²) in [6.07, 6.45) is 0.403. The van der Waals surface area contributed by atoms with E-state index >= 15 is 0 Å². The predicted molar refractivity (Wildman–Crippen MR) is 93.7 cm³/mol. The molecule has 3 rings (SSSR count). The lowest BCUT2D eigenvalue weighted by atomic mass is 10.0. The molecule has 0 bridgehead atoms. The first-order valence-corrected chi connectivity index (χ1v) is 9.50. The standard InChI is InChI=1S/C18H20N2O3S/c1-20(14-7-3-2-4-8-14)13-18(21)19-16-11-12-24(22,23)17-10-6-5-9-15(16)17/h2-10,16H,11-13H2,1H3,(H,19,21)/t16-/m1/s1. The van der Waals surface area contributed by atoms with Crippen LogP contribution >= 0.6 is 0 Å². The number of likely N-dealkylation sites (N-methyl/N-ethyl adjacent to an activating group) is 1. The molecule has 0 saturated carbocycles. The van der Waals surface area contributed by atoms with Gasteiger partial charge in [-0.25, -0.2) is 8.42 Å². The van der Waals surface area contributed by atoms with Crippen molar-refractivity contribution in [3.05, 3.63) is 60.2 Å². The number of fused-ring (bicyclic) bond motifs is 1. The summed E-state index contributed by atoms with van der Waals surface area (Å²) in [6, 6.07) is 16.3. The second-order valence-electron chi connectivity index (χ2n) is 5.96. The van der Waals surface area contributed by atoms with Gasteiger partial charge in [0.05, 0.1) is 23.2 Å². The van der Waals surface area contributed by atoms with Crippen molar-refractivity contribution >= 4 is 21.4 Å². The van der Waals surface area contributed by atoms with Crippen LogP contribution in [0.2, 0.25) is 0 Å². The van der Waals surface area contributed by atoms with E-state index in [4.69, 9.17) is 0 Å². The second kappa shape index (κ2) is 6.65. The number of sulfone groups is 1. The summed E-state index contributed by atoms with van der Waals surface area (Å²) < 4.78 is 24.3. The molecular formula is C18H20N2O3S. The first-order chi connectivity index (χ1) is 11.5. The van der Waals surface area contributed by atoms with Gasteiger partial charge in [-0.05, 0) is 30.2 Å². The molecular weight excluding hydrogens is 324 g/mol. The zero-order chi connectivity index (χ0) is 17.2. The van der Waals surface area contributed by atoms with Gasteiger partial charge in [-0.3, -0.25) is 4.79 Å². The summed E-state index contributed by atoms with van der Waals surface area (Å²) in [5, 5.41) is 2.97. The summed E-state index contributed by atoms with van der Waals surface area (Å²) in [7, 11) is -1.38. The first-order valence-electron chi connectivity index (χ1n) is 7.84. The van der Waals surface area contributed by atoms with Crippen molar-refractivity contribution < 1.29 is 13.2 Å². The Hall–Kier alpha value is -2.34. The Morgan fingerprint density at radius 3 is 2.54 bits per heavy atom. The van der Waals surface area contributed by atoms with E-state index in [0.717, 1.165) is 5.69 Å². The number of para-hydroxylation sites is 1. The van der Waals surface area contributed by atoms with Crippen LogP contribution in [0, 0.1) is 0 Å². The Labute approximate surface area is 142 Å². The van der Waals surface area contributed by atoms with Crippen LogP contribution in [-0.4, -0.2) is 33.7 Å². The average Bonchev–Trinajstić information content (AvgIpc) is 2.58. The summed E-state index contributed by atoms with van der Waals surface area (Å²) in [6.45, 7) is 0.218. The van der Waals surface area contributed by atoms with E-state index in [1.54, 1.807) is 24.3 Å². The van der Waals surface area contributed by atoms with E-state index in [1.807, 2.05) is 42.3 Å². The number of anilines is 1. The van der Waals surface area contributed by atoms with Crippen molar-refractivity contribution in [2.75, 3.05) is 24.2 Å². The van der Waals surface area contributed by atoms with Crippen molar-refractivity contribution in [3.8, 4) is 0 Å². The van der Waals surface area contributed by atoms with Gasteiger partial charge in [0.2, 0.25) is 5.91 Å².